The molecule has 2 aromatic heterocycles. The van der Waals surface area contributed by atoms with Crippen molar-refractivity contribution in [2.45, 2.75) is 58.4 Å². The van der Waals surface area contributed by atoms with Gasteiger partial charge < -0.3 is 14.2 Å². The standard InChI is InChI=1S/C26H31FN2O2S/c1-3-21-22-8-13-29(17(2)30)16-26(22)32-25(21)9-12-28-10-6-18(7-11-28)23-14-19-4-5-20(27)15-24(19)31-23/h4-5,14-15,18H,3,6-13,16H2,1-2H3. The van der Waals surface area contributed by atoms with E-state index >= 15 is 0 Å². The van der Waals surface area contributed by atoms with Gasteiger partial charge in [-0.2, -0.15) is 0 Å². The number of fused-ring (bicyclic) bond motifs is 2. The number of hydrogen-bond acceptors (Lipinski definition) is 4. The van der Waals surface area contributed by atoms with Crippen molar-refractivity contribution in [2.24, 2.45) is 0 Å². The summed E-state index contributed by atoms with van der Waals surface area (Å²) in [6, 6.07) is 6.86. The minimum atomic E-state index is -0.246. The molecular formula is C26H31FN2O2S. The van der Waals surface area contributed by atoms with Crippen LogP contribution in [0.15, 0.2) is 28.7 Å². The van der Waals surface area contributed by atoms with Crippen LogP contribution in [0.25, 0.3) is 11.0 Å². The molecule has 170 valence electrons. The van der Waals surface area contributed by atoms with E-state index in [-0.39, 0.29) is 11.7 Å². The Morgan fingerprint density at radius 3 is 2.78 bits per heavy atom. The molecule has 0 unspecified atom stereocenters. The number of nitrogens with zero attached hydrogens (tertiary/aromatic N) is 2. The Hall–Kier alpha value is -2.18. The van der Waals surface area contributed by atoms with Gasteiger partial charge >= 0.3 is 0 Å². The highest BCUT2D eigenvalue weighted by Gasteiger charge is 2.26. The fourth-order valence-corrected chi connectivity index (χ4v) is 6.78. The number of hydrogen-bond donors (Lipinski definition) is 0. The highest BCUT2D eigenvalue weighted by Crippen LogP contribution is 2.35. The molecule has 0 aliphatic carbocycles. The van der Waals surface area contributed by atoms with E-state index in [1.807, 2.05) is 16.2 Å². The number of likely N-dealkylation sites (tertiary alicyclic amines) is 1. The van der Waals surface area contributed by atoms with Crippen LogP contribution in [-0.4, -0.2) is 41.9 Å². The molecule has 5 rings (SSSR count). The third-order valence-electron chi connectivity index (χ3n) is 7.20. The predicted molar refractivity (Wildman–Crippen MR) is 127 cm³/mol. The van der Waals surface area contributed by atoms with Crippen LogP contribution in [0, 0.1) is 5.82 Å². The lowest BCUT2D eigenvalue weighted by Gasteiger charge is -2.31. The highest BCUT2D eigenvalue weighted by atomic mass is 32.1. The molecule has 32 heavy (non-hydrogen) atoms. The number of carbonyl (C=O) groups excluding carboxylic acids is 1. The maximum atomic E-state index is 13.5. The Bertz CT molecular complexity index is 1130. The van der Waals surface area contributed by atoms with Crippen LogP contribution < -0.4 is 0 Å². The fraction of sp³-hybridized carbons (Fsp3) is 0.500. The Kier molecular flexibility index (Phi) is 6.08. The van der Waals surface area contributed by atoms with Gasteiger partial charge in [0.15, 0.2) is 0 Å². The lowest BCUT2D eigenvalue weighted by molar-refractivity contribution is -0.129. The minimum absolute atomic E-state index is 0.182. The molecule has 0 N–H and O–H groups in total. The van der Waals surface area contributed by atoms with Gasteiger partial charge in [0.05, 0.1) is 6.54 Å². The lowest BCUT2D eigenvalue weighted by Crippen LogP contribution is -2.34. The molecule has 1 saturated heterocycles. The van der Waals surface area contributed by atoms with Crippen molar-refractivity contribution in [2.75, 3.05) is 26.2 Å². The van der Waals surface area contributed by atoms with Crippen molar-refractivity contribution in [3.05, 3.63) is 56.7 Å². The van der Waals surface area contributed by atoms with E-state index < -0.39 is 0 Å². The summed E-state index contributed by atoms with van der Waals surface area (Å²) in [4.78, 5) is 19.3. The first-order valence-corrected chi connectivity index (χ1v) is 12.6. The van der Waals surface area contributed by atoms with Crippen LogP contribution in [-0.2, 0) is 30.6 Å². The molecule has 0 saturated carbocycles. The fourth-order valence-electron chi connectivity index (χ4n) is 5.33. The Balaban J connectivity index is 1.19. The van der Waals surface area contributed by atoms with Gasteiger partial charge in [-0.1, -0.05) is 6.92 Å². The van der Waals surface area contributed by atoms with Crippen LogP contribution in [0.5, 0.6) is 0 Å². The zero-order valence-electron chi connectivity index (χ0n) is 19.0. The molecule has 3 aromatic rings. The van der Waals surface area contributed by atoms with E-state index in [0.29, 0.717) is 11.5 Å². The molecule has 2 aliphatic heterocycles. The Morgan fingerprint density at radius 1 is 1.22 bits per heavy atom. The summed E-state index contributed by atoms with van der Waals surface area (Å²) in [5, 5.41) is 0.987. The van der Waals surface area contributed by atoms with Gasteiger partial charge in [0.2, 0.25) is 5.91 Å². The second kappa shape index (κ2) is 8.99. The Morgan fingerprint density at radius 2 is 2.03 bits per heavy atom. The monoisotopic (exact) mass is 454 g/mol. The molecule has 4 heterocycles. The molecule has 4 nitrogen and oxygen atoms in total. The summed E-state index contributed by atoms with van der Waals surface area (Å²) >= 11 is 1.93. The van der Waals surface area contributed by atoms with E-state index in [0.717, 1.165) is 76.0 Å². The zero-order valence-corrected chi connectivity index (χ0v) is 19.8. The molecule has 2 aliphatic rings. The molecule has 0 atom stereocenters. The van der Waals surface area contributed by atoms with Crippen LogP contribution in [0.4, 0.5) is 4.39 Å². The zero-order chi connectivity index (χ0) is 22.2. The average molecular weight is 455 g/mol. The molecule has 0 bridgehead atoms. The summed E-state index contributed by atoms with van der Waals surface area (Å²) in [6.07, 6.45) is 5.34. The van der Waals surface area contributed by atoms with Crippen molar-refractivity contribution >= 4 is 28.2 Å². The summed E-state index contributed by atoms with van der Waals surface area (Å²) in [5.74, 6) is 1.35. The van der Waals surface area contributed by atoms with Gasteiger partial charge in [-0.05, 0) is 74.5 Å². The number of piperidine rings is 1. The number of benzene rings is 1. The molecule has 0 radical (unpaired) electrons. The van der Waals surface area contributed by atoms with Gasteiger partial charge in [0.25, 0.3) is 0 Å². The van der Waals surface area contributed by atoms with Gasteiger partial charge in [-0.3, -0.25) is 4.79 Å². The third-order valence-corrected chi connectivity index (χ3v) is 8.51. The molecule has 6 heteroatoms. The minimum Gasteiger partial charge on any atom is -0.461 e. The maximum absolute atomic E-state index is 13.5. The molecule has 1 aromatic carbocycles. The van der Waals surface area contributed by atoms with Crippen molar-refractivity contribution < 1.29 is 13.6 Å². The second-order valence-electron chi connectivity index (χ2n) is 9.15. The number of rotatable bonds is 5. The van der Waals surface area contributed by atoms with Crippen molar-refractivity contribution in [3.8, 4) is 0 Å². The Labute approximate surface area is 193 Å². The molecule has 1 fully saturated rings. The van der Waals surface area contributed by atoms with Gasteiger partial charge in [0, 0.05) is 47.1 Å². The summed E-state index contributed by atoms with van der Waals surface area (Å²) in [5.41, 5.74) is 3.71. The first-order chi connectivity index (χ1) is 15.5. The SMILES string of the molecule is CCc1c(CCN2CCC(c3cc4ccc(F)cc4o3)CC2)sc2c1CCN(C(C)=O)C2. The largest absolute Gasteiger partial charge is 0.461 e. The van der Waals surface area contributed by atoms with Crippen LogP contribution in [0.1, 0.15) is 59.2 Å². The van der Waals surface area contributed by atoms with E-state index in [1.165, 1.54) is 33.0 Å². The number of carbonyl (C=O) groups is 1. The van der Waals surface area contributed by atoms with Crippen molar-refractivity contribution in [1.82, 2.24) is 9.80 Å². The molecule has 0 spiro atoms. The summed E-state index contributed by atoms with van der Waals surface area (Å²) in [6.45, 7) is 8.80. The van der Waals surface area contributed by atoms with E-state index in [9.17, 15) is 9.18 Å². The molecular weight excluding hydrogens is 423 g/mol. The first-order valence-electron chi connectivity index (χ1n) is 11.8. The van der Waals surface area contributed by atoms with Crippen LogP contribution in [0.2, 0.25) is 0 Å². The third kappa shape index (κ3) is 4.23. The number of furan rings is 1. The maximum Gasteiger partial charge on any atom is 0.219 e. The van der Waals surface area contributed by atoms with Gasteiger partial charge in [0.1, 0.15) is 17.2 Å². The number of halogens is 1. The second-order valence-corrected chi connectivity index (χ2v) is 10.3. The number of amides is 1. The average Bonchev–Trinajstić information content (AvgIpc) is 3.37. The smallest absolute Gasteiger partial charge is 0.219 e. The lowest BCUT2D eigenvalue weighted by atomic mass is 9.94. The van der Waals surface area contributed by atoms with Crippen LogP contribution in [0.3, 0.4) is 0 Å². The summed E-state index contributed by atoms with van der Waals surface area (Å²) in [7, 11) is 0. The van der Waals surface area contributed by atoms with Gasteiger partial charge in [-0.25, -0.2) is 4.39 Å². The highest BCUT2D eigenvalue weighted by molar-refractivity contribution is 7.12. The van der Waals surface area contributed by atoms with Crippen LogP contribution >= 0.6 is 11.3 Å². The quantitative estimate of drug-likeness (QED) is 0.509. The van der Waals surface area contributed by atoms with E-state index in [1.54, 1.807) is 13.0 Å². The topological polar surface area (TPSA) is 36.7 Å². The van der Waals surface area contributed by atoms with E-state index in [4.69, 9.17) is 4.42 Å². The van der Waals surface area contributed by atoms with Crippen molar-refractivity contribution in [1.29, 1.82) is 0 Å². The van der Waals surface area contributed by atoms with Gasteiger partial charge in [-0.15, -0.1) is 11.3 Å². The molecule has 1 amide bonds. The van der Waals surface area contributed by atoms with Crippen molar-refractivity contribution in [3.63, 3.8) is 0 Å². The normalized spacial score (nSPS) is 17.8. The predicted octanol–water partition coefficient (Wildman–Crippen LogP) is 5.52. The first kappa shape index (κ1) is 21.7. The summed E-state index contributed by atoms with van der Waals surface area (Å²) < 4.78 is 19.4. The van der Waals surface area contributed by atoms with E-state index in [2.05, 4.69) is 17.9 Å². The number of thiophene rings is 1.